The Morgan fingerprint density at radius 1 is 1.00 bits per heavy atom. The van der Waals surface area contributed by atoms with Crippen molar-refractivity contribution < 1.29 is 14.3 Å². The number of amides is 2. The van der Waals surface area contributed by atoms with E-state index in [0.29, 0.717) is 24.7 Å². The number of methoxy groups -OCH3 is 1. The van der Waals surface area contributed by atoms with Gasteiger partial charge in [0.25, 0.3) is 5.91 Å². The molecule has 0 aromatic heterocycles. The van der Waals surface area contributed by atoms with E-state index in [9.17, 15) is 9.59 Å². The predicted octanol–water partition coefficient (Wildman–Crippen LogP) is 2.83. The summed E-state index contributed by atoms with van der Waals surface area (Å²) in [7, 11) is 1.64. The molecule has 2 aromatic carbocycles. The minimum Gasteiger partial charge on any atom is -0.496 e. The van der Waals surface area contributed by atoms with Gasteiger partial charge in [-0.3, -0.25) is 9.59 Å². The van der Waals surface area contributed by atoms with E-state index in [4.69, 9.17) is 4.74 Å². The molecule has 5 nitrogen and oxygen atoms in total. The Bertz CT molecular complexity index is 832. The summed E-state index contributed by atoms with van der Waals surface area (Å²) >= 11 is 0. The van der Waals surface area contributed by atoms with Crippen molar-refractivity contribution in [2.24, 2.45) is 5.92 Å². The summed E-state index contributed by atoms with van der Waals surface area (Å²) in [6.07, 6.45) is 2.09. The topological polar surface area (TPSA) is 58.6 Å². The van der Waals surface area contributed by atoms with Crippen LogP contribution in [0.4, 0.5) is 0 Å². The first-order chi connectivity index (χ1) is 13.2. The highest BCUT2D eigenvalue weighted by Crippen LogP contribution is 2.38. The number of ether oxygens (including phenoxy) is 1. The molecular weight excluding hydrogens is 340 g/mol. The predicted molar refractivity (Wildman–Crippen MR) is 103 cm³/mol. The molecule has 2 fully saturated rings. The van der Waals surface area contributed by atoms with Crippen molar-refractivity contribution in [1.82, 2.24) is 10.2 Å². The Balaban J connectivity index is 1.62. The van der Waals surface area contributed by atoms with Crippen LogP contribution in [0.3, 0.4) is 0 Å². The molecule has 2 amide bonds. The molecule has 27 heavy (non-hydrogen) atoms. The van der Waals surface area contributed by atoms with Gasteiger partial charge in [0.05, 0.1) is 13.0 Å². The lowest BCUT2D eigenvalue weighted by Crippen LogP contribution is -2.36. The zero-order valence-corrected chi connectivity index (χ0v) is 15.4. The van der Waals surface area contributed by atoms with E-state index in [2.05, 4.69) is 5.32 Å². The fourth-order valence-electron chi connectivity index (χ4n) is 3.82. The van der Waals surface area contributed by atoms with Crippen LogP contribution in [0.15, 0.2) is 54.6 Å². The van der Waals surface area contributed by atoms with Crippen LogP contribution in [0.25, 0.3) is 0 Å². The van der Waals surface area contributed by atoms with Gasteiger partial charge in [-0.2, -0.15) is 0 Å². The Hall–Kier alpha value is -2.82. The summed E-state index contributed by atoms with van der Waals surface area (Å²) in [5, 5.41) is 3.11. The van der Waals surface area contributed by atoms with Crippen LogP contribution in [-0.4, -0.2) is 43.0 Å². The van der Waals surface area contributed by atoms with Crippen LogP contribution >= 0.6 is 0 Å². The van der Waals surface area contributed by atoms with Crippen LogP contribution in [0.5, 0.6) is 5.75 Å². The van der Waals surface area contributed by atoms with Crippen LogP contribution in [0.2, 0.25) is 0 Å². The molecule has 1 aliphatic carbocycles. The third-order valence-corrected chi connectivity index (χ3v) is 5.43. The first-order valence-electron chi connectivity index (χ1n) is 9.45. The molecule has 0 bridgehead atoms. The Labute approximate surface area is 159 Å². The lowest BCUT2D eigenvalue weighted by atomic mass is 9.87. The van der Waals surface area contributed by atoms with E-state index < -0.39 is 0 Å². The minimum atomic E-state index is -0.269. The van der Waals surface area contributed by atoms with Crippen LogP contribution < -0.4 is 10.1 Å². The largest absolute Gasteiger partial charge is 0.496 e. The molecule has 2 atom stereocenters. The van der Waals surface area contributed by atoms with Gasteiger partial charge in [0, 0.05) is 30.6 Å². The number of likely N-dealkylation sites (tertiary alicyclic amines) is 1. The van der Waals surface area contributed by atoms with Crippen molar-refractivity contribution in [2.75, 3.05) is 20.2 Å². The summed E-state index contributed by atoms with van der Waals surface area (Å²) in [5.41, 5.74) is 1.64. The number of nitrogens with one attached hydrogen (secondary N) is 1. The lowest BCUT2D eigenvalue weighted by molar-refractivity contribution is -0.125. The number of carbonyl (C=O) groups is 2. The van der Waals surface area contributed by atoms with Crippen LogP contribution in [-0.2, 0) is 4.79 Å². The van der Waals surface area contributed by atoms with Crippen molar-refractivity contribution in [1.29, 1.82) is 0 Å². The minimum absolute atomic E-state index is 0.0304. The van der Waals surface area contributed by atoms with Crippen molar-refractivity contribution in [3.8, 4) is 5.75 Å². The van der Waals surface area contributed by atoms with Gasteiger partial charge in [0.1, 0.15) is 5.75 Å². The smallest absolute Gasteiger partial charge is 0.253 e. The number of rotatable bonds is 5. The standard InChI is InChI=1S/C22H24N2O3/c1-27-20-10-6-5-9-17(20)18-13-24(22(26)15-7-3-2-4-8-15)14-19(18)21(25)23-16-11-12-16/h2-10,16,18-19H,11-14H2,1H3,(H,23,25)/t18-,19-/m0/s1. The third-order valence-electron chi connectivity index (χ3n) is 5.43. The Morgan fingerprint density at radius 2 is 1.70 bits per heavy atom. The normalized spacial score (nSPS) is 21.7. The number of carbonyl (C=O) groups excluding carboxylic acids is 2. The molecule has 0 radical (unpaired) electrons. The number of para-hydroxylation sites is 1. The lowest BCUT2D eigenvalue weighted by Gasteiger charge is -2.20. The average Bonchev–Trinajstić information content (AvgIpc) is 3.42. The van der Waals surface area contributed by atoms with Gasteiger partial charge >= 0.3 is 0 Å². The molecule has 0 spiro atoms. The second kappa shape index (κ2) is 7.43. The summed E-state index contributed by atoms with van der Waals surface area (Å²) in [6, 6.07) is 17.3. The van der Waals surface area contributed by atoms with Crippen molar-refractivity contribution >= 4 is 11.8 Å². The quantitative estimate of drug-likeness (QED) is 0.888. The van der Waals surface area contributed by atoms with E-state index >= 15 is 0 Å². The maximum atomic E-state index is 12.9. The fraction of sp³-hybridized carbons (Fsp3) is 0.364. The zero-order chi connectivity index (χ0) is 18.8. The summed E-state index contributed by atoms with van der Waals surface area (Å²) in [5.74, 6) is 0.428. The Kier molecular flexibility index (Phi) is 4.84. The number of benzene rings is 2. The van der Waals surface area contributed by atoms with Crippen molar-refractivity contribution in [3.63, 3.8) is 0 Å². The molecule has 1 N–H and O–H groups in total. The molecule has 2 aromatic rings. The zero-order valence-electron chi connectivity index (χ0n) is 15.4. The molecule has 2 aliphatic rings. The molecule has 5 heteroatoms. The van der Waals surface area contributed by atoms with Crippen molar-refractivity contribution in [2.45, 2.75) is 24.8 Å². The van der Waals surface area contributed by atoms with Gasteiger partial charge in [-0.25, -0.2) is 0 Å². The second-order valence-electron chi connectivity index (χ2n) is 7.31. The van der Waals surface area contributed by atoms with E-state index in [1.807, 2.05) is 54.6 Å². The van der Waals surface area contributed by atoms with Gasteiger partial charge in [0.2, 0.25) is 5.91 Å². The maximum absolute atomic E-state index is 12.9. The molecule has 1 aliphatic heterocycles. The number of hydrogen-bond donors (Lipinski definition) is 1. The SMILES string of the molecule is COc1ccccc1[C@@H]1CN(C(=O)c2ccccc2)C[C@@H]1C(=O)NC1CC1. The number of nitrogens with zero attached hydrogens (tertiary/aromatic N) is 1. The first kappa shape index (κ1) is 17.6. The van der Waals surface area contributed by atoms with Gasteiger partial charge in [-0.05, 0) is 36.6 Å². The van der Waals surface area contributed by atoms with Gasteiger partial charge in [-0.1, -0.05) is 36.4 Å². The second-order valence-corrected chi connectivity index (χ2v) is 7.31. The van der Waals surface area contributed by atoms with E-state index in [-0.39, 0.29) is 23.7 Å². The highest BCUT2D eigenvalue weighted by atomic mass is 16.5. The van der Waals surface area contributed by atoms with E-state index in [1.165, 1.54) is 0 Å². The fourth-order valence-corrected chi connectivity index (χ4v) is 3.82. The van der Waals surface area contributed by atoms with Gasteiger partial charge < -0.3 is 15.0 Å². The summed E-state index contributed by atoms with van der Waals surface area (Å²) in [6.45, 7) is 0.936. The van der Waals surface area contributed by atoms with Crippen LogP contribution in [0, 0.1) is 5.92 Å². The molecule has 140 valence electrons. The monoisotopic (exact) mass is 364 g/mol. The molecule has 1 saturated carbocycles. The summed E-state index contributed by atoms with van der Waals surface area (Å²) < 4.78 is 5.52. The highest BCUT2D eigenvalue weighted by molar-refractivity contribution is 5.95. The maximum Gasteiger partial charge on any atom is 0.253 e. The molecule has 0 unspecified atom stereocenters. The van der Waals surface area contributed by atoms with Gasteiger partial charge in [0.15, 0.2) is 0 Å². The average molecular weight is 364 g/mol. The Morgan fingerprint density at radius 3 is 2.41 bits per heavy atom. The summed E-state index contributed by atoms with van der Waals surface area (Å²) in [4.78, 5) is 27.6. The van der Waals surface area contributed by atoms with E-state index in [1.54, 1.807) is 12.0 Å². The first-order valence-corrected chi connectivity index (χ1v) is 9.45. The highest BCUT2D eigenvalue weighted by Gasteiger charge is 2.42. The molecular formula is C22H24N2O3. The molecule has 1 saturated heterocycles. The molecule has 1 heterocycles. The number of hydrogen-bond acceptors (Lipinski definition) is 3. The van der Waals surface area contributed by atoms with Crippen LogP contribution in [0.1, 0.15) is 34.7 Å². The third kappa shape index (κ3) is 3.68. The molecule has 4 rings (SSSR count). The van der Waals surface area contributed by atoms with Crippen molar-refractivity contribution in [3.05, 3.63) is 65.7 Å². The van der Waals surface area contributed by atoms with E-state index in [0.717, 1.165) is 24.2 Å². The van der Waals surface area contributed by atoms with Gasteiger partial charge in [-0.15, -0.1) is 0 Å².